The van der Waals surface area contributed by atoms with E-state index in [-0.39, 0.29) is 0 Å². The van der Waals surface area contributed by atoms with Crippen molar-refractivity contribution in [3.8, 4) is 0 Å². The van der Waals surface area contributed by atoms with Crippen LogP contribution in [0.5, 0.6) is 0 Å². The van der Waals surface area contributed by atoms with Crippen LogP contribution in [-0.2, 0) is 9.59 Å². The van der Waals surface area contributed by atoms with E-state index in [4.69, 9.17) is 10.2 Å². The van der Waals surface area contributed by atoms with Crippen molar-refractivity contribution >= 4 is 11.9 Å². The number of unbranched alkanes of at least 4 members (excludes halogenated alkanes) is 3. The number of carbonyl (C=O) groups is 2. The van der Waals surface area contributed by atoms with Crippen LogP contribution in [0.25, 0.3) is 0 Å². The standard InChI is InChI=1S/C9H16O2.C3H4O2/c1-3-4-5-6-7-8(2)9(10)11;1-2-3(4)5/h2-7H2,1H3,(H,10,11);2H,1H2,(H,4,5). The molecule has 0 aromatic carbocycles. The quantitative estimate of drug-likeness (QED) is 0.519. The highest BCUT2D eigenvalue weighted by atomic mass is 16.4. The van der Waals surface area contributed by atoms with E-state index in [0.29, 0.717) is 12.0 Å². The molecular formula is C12H20O4. The van der Waals surface area contributed by atoms with Gasteiger partial charge in [-0.2, -0.15) is 0 Å². The van der Waals surface area contributed by atoms with Gasteiger partial charge in [0.15, 0.2) is 0 Å². The SMILES string of the molecule is C=C(CCCCCC)C(=O)O.C=CC(=O)O. The molecule has 0 saturated heterocycles. The minimum absolute atomic E-state index is 0.334. The third-order valence-corrected chi connectivity index (χ3v) is 1.81. The van der Waals surface area contributed by atoms with Crippen LogP contribution in [0, 0.1) is 0 Å². The van der Waals surface area contributed by atoms with Gasteiger partial charge >= 0.3 is 11.9 Å². The van der Waals surface area contributed by atoms with Gasteiger partial charge in [-0.15, -0.1) is 0 Å². The van der Waals surface area contributed by atoms with Crippen LogP contribution in [0.15, 0.2) is 24.8 Å². The molecule has 0 unspecified atom stereocenters. The molecule has 0 aliphatic rings. The van der Waals surface area contributed by atoms with E-state index in [2.05, 4.69) is 20.1 Å². The highest BCUT2D eigenvalue weighted by Gasteiger charge is 2.01. The lowest BCUT2D eigenvalue weighted by Gasteiger charge is -1.98. The molecule has 4 heteroatoms. The first-order valence-corrected chi connectivity index (χ1v) is 5.22. The van der Waals surface area contributed by atoms with E-state index in [0.717, 1.165) is 18.9 Å². The number of carboxylic acids is 2. The van der Waals surface area contributed by atoms with Crippen LogP contribution < -0.4 is 0 Å². The second-order valence-corrected chi connectivity index (χ2v) is 3.26. The van der Waals surface area contributed by atoms with E-state index >= 15 is 0 Å². The van der Waals surface area contributed by atoms with Crippen LogP contribution in [0.1, 0.15) is 39.0 Å². The molecule has 0 saturated carbocycles. The van der Waals surface area contributed by atoms with Gasteiger partial charge < -0.3 is 10.2 Å². The maximum Gasteiger partial charge on any atom is 0.330 e. The Balaban J connectivity index is 0. The van der Waals surface area contributed by atoms with Crippen molar-refractivity contribution in [3.05, 3.63) is 24.8 Å². The molecule has 0 bridgehead atoms. The topological polar surface area (TPSA) is 74.6 Å². The highest BCUT2D eigenvalue weighted by Crippen LogP contribution is 2.07. The third-order valence-electron chi connectivity index (χ3n) is 1.81. The molecule has 0 spiro atoms. The summed E-state index contributed by atoms with van der Waals surface area (Å²) in [5.74, 6) is -1.84. The summed E-state index contributed by atoms with van der Waals surface area (Å²) in [6, 6.07) is 0. The Morgan fingerprint density at radius 2 is 1.69 bits per heavy atom. The lowest BCUT2D eigenvalue weighted by atomic mass is 10.1. The molecule has 0 atom stereocenters. The van der Waals surface area contributed by atoms with E-state index in [1.54, 1.807) is 0 Å². The Labute approximate surface area is 96.3 Å². The molecule has 0 aliphatic heterocycles. The molecule has 92 valence electrons. The summed E-state index contributed by atoms with van der Waals surface area (Å²) in [5.41, 5.74) is 0.334. The van der Waals surface area contributed by atoms with E-state index in [1.165, 1.54) is 12.8 Å². The summed E-state index contributed by atoms with van der Waals surface area (Å²) >= 11 is 0. The van der Waals surface area contributed by atoms with Gasteiger partial charge in [0.2, 0.25) is 0 Å². The van der Waals surface area contributed by atoms with Crippen molar-refractivity contribution in [2.75, 3.05) is 0 Å². The molecule has 16 heavy (non-hydrogen) atoms. The molecule has 0 amide bonds. The van der Waals surface area contributed by atoms with Gasteiger partial charge in [-0.25, -0.2) is 9.59 Å². The second-order valence-electron chi connectivity index (χ2n) is 3.26. The van der Waals surface area contributed by atoms with Crippen molar-refractivity contribution in [3.63, 3.8) is 0 Å². The minimum Gasteiger partial charge on any atom is -0.478 e. The molecule has 2 N–H and O–H groups in total. The fourth-order valence-electron chi connectivity index (χ4n) is 0.872. The summed E-state index contributed by atoms with van der Waals surface area (Å²) in [7, 11) is 0. The van der Waals surface area contributed by atoms with Crippen LogP contribution in [0.2, 0.25) is 0 Å². The van der Waals surface area contributed by atoms with E-state index in [1.807, 2.05) is 0 Å². The number of hydrogen-bond acceptors (Lipinski definition) is 2. The van der Waals surface area contributed by atoms with Gasteiger partial charge in [-0.05, 0) is 12.8 Å². The van der Waals surface area contributed by atoms with Crippen LogP contribution in [0.4, 0.5) is 0 Å². The third kappa shape index (κ3) is 14.9. The zero-order chi connectivity index (χ0) is 13.0. The average Bonchev–Trinajstić information content (AvgIpc) is 2.24. The average molecular weight is 228 g/mol. The van der Waals surface area contributed by atoms with Crippen molar-refractivity contribution < 1.29 is 19.8 Å². The van der Waals surface area contributed by atoms with Gasteiger partial charge in [0, 0.05) is 11.6 Å². The number of rotatable bonds is 7. The zero-order valence-corrected chi connectivity index (χ0v) is 9.74. The molecule has 0 aromatic rings. The number of aliphatic carboxylic acids is 2. The summed E-state index contributed by atoms with van der Waals surface area (Å²) < 4.78 is 0. The first-order chi connectivity index (χ1) is 7.45. The van der Waals surface area contributed by atoms with E-state index < -0.39 is 11.9 Å². The molecule has 0 rings (SSSR count). The van der Waals surface area contributed by atoms with Gasteiger partial charge in [-0.1, -0.05) is 39.3 Å². The molecule has 0 aliphatic carbocycles. The lowest BCUT2D eigenvalue weighted by molar-refractivity contribution is -0.133. The Morgan fingerprint density at radius 1 is 1.19 bits per heavy atom. The first-order valence-electron chi connectivity index (χ1n) is 5.22. The first kappa shape index (κ1) is 16.8. The maximum atomic E-state index is 10.3. The summed E-state index contributed by atoms with van der Waals surface area (Å²) in [6.45, 7) is 8.54. The Bertz CT molecular complexity index is 243. The van der Waals surface area contributed by atoms with E-state index in [9.17, 15) is 9.59 Å². The lowest BCUT2D eigenvalue weighted by Crippen LogP contribution is -1.98. The van der Waals surface area contributed by atoms with Gasteiger partial charge in [0.1, 0.15) is 0 Å². The highest BCUT2D eigenvalue weighted by molar-refractivity contribution is 5.85. The summed E-state index contributed by atoms with van der Waals surface area (Å²) in [6.07, 6.45) is 5.91. The van der Waals surface area contributed by atoms with Gasteiger partial charge in [0.05, 0.1) is 0 Å². The summed E-state index contributed by atoms with van der Waals surface area (Å²) in [5, 5.41) is 16.0. The van der Waals surface area contributed by atoms with Crippen molar-refractivity contribution in [2.24, 2.45) is 0 Å². The molecule has 0 fully saturated rings. The predicted molar refractivity (Wildman–Crippen MR) is 63.4 cm³/mol. The van der Waals surface area contributed by atoms with Crippen LogP contribution in [-0.4, -0.2) is 22.2 Å². The molecule has 0 radical (unpaired) electrons. The number of hydrogen-bond donors (Lipinski definition) is 2. The van der Waals surface area contributed by atoms with Crippen LogP contribution in [0.3, 0.4) is 0 Å². The molecule has 0 aromatic heterocycles. The van der Waals surface area contributed by atoms with Gasteiger partial charge in [0.25, 0.3) is 0 Å². The fraction of sp³-hybridized carbons (Fsp3) is 0.500. The summed E-state index contributed by atoms with van der Waals surface area (Å²) in [4.78, 5) is 19.5. The largest absolute Gasteiger partial charge is 0.478 e. The minimum atomic E-state index is -0.981. The smallest absolute Gasteiger partial charge is 0.330 e. The van der Waals surface area contributed by atoms with Crippen LogP contribution >= 0.6 is 0 Å². The molecular weight excluding hydrogens is 208 g/mol. The van der Waals surface area contributed by atoms with Crippen molar-refractivity contribution in [2.45, 2.75) is 39.0 Å². The van der Waals surface area contributed by atoms with Crippen molar-refractivity contribution in [1.29, 1.82) is 0 Å². The Morgan fingerprint density at radius 3 is 2.00 bits per heavy atom. The fourth-order valence-corrected chi connectivity index (χ4v) is 0.872. The number of carboxylic acid groups (broad SMARTS) is 2. The maximum absolute atomic E-state index is 10.3. The predicted octanol–water partition coefficient (Wildman–Crippen LogP) is 2.85. The Hall–Kier alpha value is -1.58. The second kappa shape index (κ2) is 11.5. The van der Waals surface area contributed by atoms with Gasteiger partial charge in [-0.3, -0.25) is 0 Å². The molecule has 4 nitrogen and oxygen atoms in total. The Kier molecular flexibility index (Phi) is 12.1. The monoisotopic (exact) mass is 228 g/mol. The van der Waals surface area contributed by atoms with Crippen molar-refractivity contribution in [1.82, 2.24) is 0 Å². The molecule has 0 heterocycles. The zero-order valence-electron chi connectivity index (χ0n) is 9.74. The normalized spacial score (nSPS) is 8.56.